The van der Waals surface area contributed by atoms with Crippen molar-refractivity contribution in [1.29, 1.82) is 0 Å². The number of amides is 2. The lowest BCUT2D eigenvalue weighted by Gasteiger charge is -2.19. The monoisotopic (exact) mass is 393 g/mol. The van der Waals surface area contributed by atoms with E-state index in [0.29, 0.717) is 29.3 Å². The number of carbonyl (C=O) groups excluding carboxylic acids is 2. The molecule has 28 heavy (non-hydrogen) atoms. The predicted octanol–water partition coefficient (Wildman–Crippen LogP) is 4.74. The van der Waals surface area contributed by atoms with E-state index in [9.17, 15) is 9.59 Å². The fourth-order valence-corrected chi connectivity index (χ4v) is 3.88. The van der Waals surface area contributed by atoms with Crippen molar-refractivity contribution >= 4 is 28.8 Å². The standard InChI is InChI=1S/C22H23N3O2S/c1-4-25(16(3)26)14-17-9-8-12-19(13-17)24-21(27)20-15(2)23-22(28-20)18-10-6-5-7-11-18/h5-13H,4,14H2,1-3H3,(H,24,27). The van der Waals surface area contributed by atoms with Gasteiger partial charge in [0.1, 0.15) is 9.88 Å². The number of hydrogen-bond donors (Lipinski definition) is 1. The van der Waals surface area contributed by atoms with Crippen LogP contribution in [0, 0.1) is 6.92 Å². The van der Waals surface area contributed by atoms with Crippen LogP contribution in [0.1, 0.15) is 34.8 Å². The normalized spacial score (nSPS) is 10.5. The Morgan fingerprint density at radius 3 is 2.54 bits per heavy atom. The van der Waals surface area contributed by atoms with Gasteiger partial charge in [-0.1, -0.05) is 42.5 Å². The van der Waals surface area contributed by atoms with Crippen LogP contribution in [0.2, 0.25) is 0 Å². The van der Waals surface area contributed by atoms with Crippen molar-refractivity contribution < 1.29 is 9.59 Å². The number of hydrogen-bond acceptors (Lipinski definition) is 4. The van der Waals surface area contributed by atoms with E-state index in [-0.39, 0.29) is 11.8 Å². The Kier molecular flexibility index (Phi) is 6.21. The van der Waals surface area contributed by atoms with E-state index in [1.54, 1.807) is 11.8 Å². The molecule has 0 radical (unpaired) electrons. The summed E-state index contributed by atoms with van der Waals surface area (Å²) >= 11 is 1.39. The average molecular weight is 394 g/mol. The highest BCUT2D eigenvalue weighted by Crippen LogP contribution is 2.28. The zero-order valence-corrected chi connectivity index (χ0v) is 17.0. The van der Waals surface area contributed by atoms with Crippen LogP contribution >= 0.6 is 11.3 Å². The van der Waals surface area contributed by atoms with Crippen molar-refractivity contribution in [1.82, 2.24) is 9.88 Å². The van der Waals surface area contributed by atoms with E-state index in [4.69, 9.17) is 0 Å². The lowest BCUT2D eigenvalue weighted by molar-refractivity contribution is -0.129. The van der Waals surface area contributed by atoms with Gasteiger partial charge in [-0.05, 0) is 31.5 Å². The molecule has 6 heteroatoms. The second kappa shape index (κ2) is 8.80. The third kappa shape index (κ3) is 4.64. The number of benzene rings is 2. The van der Waals surface area contributed by atoms with Gasteiger partial charge in [-0.3, -0.25) is 9.59 Å². The molecular formula is C22H23N3O2S. The minimum Gasteiger partial charge on any atom is -0.339 e. The van der Waals surface area contributed by atoms with Gasteiger partial charge in [-0.25, -0.2) is 4.98 Å². The smallest absolute Gasteiger partial charge is 0.267 e. The first kappa shape index (κ1) is 19.8. The van der Waals surface area contributed by atoms with Crippen LogP contribution in [0.15, 0.2) is 54.6 Å². The highest BCUT2D eigenvalue weighted by atomic mass is 32.1. The Hall–Kier alpha value is -2.99. The zero-order valence-electron chi connectivity index (χ0n) is 16.2. The molecule has 0 atom stereocenters. The number of rotatable bonds is 6. The second-order valence-corrected chi connectivity index (χ2v) is 7.49. The molecule has 1 aromatic heterocycles. The van der Waals surface area contributed by atoms with Crippen molar-refractivity contribution in [2.45, 2.75) is 27.3 Å². The average Bonchev–Trinajstić information content (AvgIpc) is 3.09. The van der Waals surface area contributed by atoms with E-state index in [2.05, 4.69) is 10.3 Å². The van der Waals surface area contributed by atoms with Crippen molar-refractivity contribution in [3.63, 3.8) is 0 Å². The van der Waals surface area contributed by atoms with Gasteiger partial charge in [0.15, 0.2) is 0 Å². The van der Waals surface area contributed by atoms with Crippen molar-refractivity contribution in [2.75, 3.05) is 11.9 Å². The molecule has 0 saturated carbocycles. The van der Waals surface area contributed by atoms with Crippen LogP contribution < -0.4 is 5.32 Å². The Balaban J connectivity index is 1.76. The molecule has 0 aliphatic rings. The number of nitrogens with zero attached hydrogens (tertiary/aromatic N) is 2. The first-order valence-corrected chi connectivity index (χ1v) is 9.98. The molecule has 0 saturated heterocycles. The third-order valence-corrected chi connectivity index (χ3v) is 5.61. The van der Waals surface area contributed by atoms with E-state index < -0.39 is 0 Å². The molecule has 0 bridgehead atoms. The maximum atomic E-state index is 12.8. The largest absolute Gasteiger partial charge is 0.339 e. The predicted molar refractivity (Wildman–Crippen MR) is 113 cm³/mol. The summed E-state index contributed by atoms with van der Waals surface area (Å²) in [5.74, 6) is -0.140. The molecule has 0 fully saturated rings. The summed E-state index contributed by atoms with van der Waals surface area (Å²) in [4.78, 5) is 31.3. The number of aromatic nitrogens is 1. The quantitative estimate of drug-likeness (QED) is 0.658. The molecule has 1 N–H and O–H groups in total. The SMILES string of the molecule is CCN(Cc1cccc(NC(=O)c2sc(-c3ccccc3)nc2C)c1)C(C)=O. The highest BCUT2D eigenvalue weighted by molar-refractivity contribution is 7.17. The molecule has 0 aliphatic heterocycles. The minimum atomic E-state index is -0.173. The minimum absolute atomic E-state index is 0.0330. The first-order valence-electron chi connectivity index (χ1n) is 9.16. The summed E-state index contributed by atoms with van der Waals surface area (Å²) in [7, 11) is 0. The number of thiazole rings is 1. The second-order valence-electron chi connectivity index (χ2n) is 6.49. The lowest BCUT2D eigenvalue weighted by atomic mass is 10.2. The molecule has 0 aliphatic carbocycles. The highest BCUT2D eigenvalue weighted by Gasteiger charge is 2.16. The molecule has 2 aromatic carbocycles. The van der Waals surface area contributed by atoms with Crippen molar-refractivity contribution in [3.8, 4) is 10.6 Å². The van der Waals surface area contributed by atoms with Gasteiger partial charge in [-0.2, -0.15) is 0 Å². The summed E-state index contributed by atoms with van der Waals surface area (Å²) in [6.07, 6.45) is 0. The fourth-order valence-electron chi connectivity index (χ4n) is 2.91. The molecule has 3 rings (SSSR count). The summed E-state index contributed by atoms with van der Waals surface area (Å²) in [5, 5.41) is 3.78. The molecule has 0 spiro atoms. The third-order valence-electron chi connectivity index (χ3n) is 4.41. The zero-order chi connectivity index (χ0) is 20.1. The molecule has 2 amide bonds. The Labute approximate surface area is 169 Å². The van der Waals surface area contributed by atoms with Crippen LogP contribution in [0.4, 0.5) is 5.69 Å². The van der Waals surface area contributed by atoms with Crippen LogP contribution in [0.5, 0.6) is 0 Å². The van der Waals surface area contributed by atoms with Crippen molar-refractivity contribution in [3.05, 3.63) is 70.7 Å². The van der Waals surface area contributed by atoms with Gasteiger partial charge >= 0.3 is 0 Å². The summed E-state index contributed by atoms with van der Waals surface area (Å²) in [5.41, 5.74) is 3.39. The number of nitrogens with one attached hydrogen (secondary N) is 1. The Bertz CT molecular complexity index is 982. The summed E-state index contributed by atoms with van der Waals surface area (Å²) in [6.45, 7) is 6.53. The van der Waals surface area contributed by atoms with Crippen LogP contribution in [0.25, 0.3) is 10.6 Å². The van der Waals surface area contributed by atoms with Crippen LogP contribution in [-0.4, -0.2) is 28.2 Å². The topological polar surface area (TPSA) is 62.3 Å². The van der Waals surface area contributed by atoms with Crippen LogP contribution in [-0.2, 0) is 11.3 Å². The molecule has 5 nitrogen and oxygen atoms in total. The maximum Gasteiger partial charge on any atom is 0.267 e. The van der Waals surface area contributed by atoms with E-state index in [0.717, 1.165) is 16.1 Å². The number of carbonyl (C=O) groups is 2. The fraction of sp³-hybridized carbons (Fsp3) is 0.227. The van der Waals surface area contributed by atoms with E-state index >= 15 is 0 Å². The van der Waals surface area contributed by atoms with Gasteiger partial charge in [0.2, 0.25) is 5.91 Å². The van der Waals surface area contributed by atoms with Crippen molar-refractivity contribution in [2.24, 2.45) is 0 Å². The summed E-state index contributed by atoms with van der Waals surface area (Å²) < 4.78 is 0. The molecule has 3 aromatic rings. The Morgan fingerprint density at radius 2 is 1.86 bits per heavy atom. The van der Waals surface area contributed by atoms with Gasteiger partial charge < -0.3 is 10.2 Å². The molecule has 0 unspecified atom stereocenters. The number of aryl methyl sites for hydroxylation is 1. The van der Waals surface area contributed by atoms with Gasteiger partial charge in [-0.15, -0.1) is 11.3 Å². The van der Waals surface area contributed by atoms with Gasteiger partial charge in [0.25, 0.3) is 5.91 Å². The van der Waals surface area contributed by atoms with E-state index in [1.807, 2.05) is 68.4 Å². The number of anilines is 1. The summed E-state index contributed by atoms with van der Waals surface area (Å²) in [6, 6.07) is 17.4. The van der Waals surface area contributed by atoms with Gasteiger partial charge in [0, 0.05) is 31.3 Å². The first-order chi connectivity index (χ1) is 13.5. The molecular weight excluding hydrogens is 370 g/mol. The van der Waals surface area contributed by atoms with E-state index in [1.165, 1.54) is 11.3 Å². The Morgan fingerprint density at radius 1 is 1.11 bits per heavy atom. The molecule has 1 heterocycles. The lowest BCUT2D eigenvalue weighted by Crippen LogP contribution is -2.27. The maximum absolute atomic E-state index is 12.8. The van der Waals surface area contributed by atoms with Gasteiger partial charge in [0.05, 0.1) is 5.69 Å². The van der Waals surface area contributed by atoms with Crippen LogP contribution in [0.3, 0.4) is 0 Å². The molecule has 144 valence electrons.